The second-order valence-corrected chi connectivity index (χ2v) is 5.46. The molecule has 0 bridgehead atoms. The number of anilines is 1. The number of unbranched alkanes of at least 4 members (excludes halogenated alkanes) is 2. The summed E-state index contributed by atoms with van der Waals surface area (Å²) in [6, 6.07) is 1.57. The highest BCUT2D eigenvalue weighted by atomic mass is 32.1. The molecule has 0 atom stereocenters. The fourth-order valence-corrected chi connectivity index (χ4v) is 2.45. The minimum absolute atomic E-state index is 0.285. The van der Waals surface area contributed by atoms with Crippen molar-refractivity contribution in [2.45, 2.75) is 39.5 Å². The van der Waals surface area contributed by atoms with Crippen LogP contribution < -0.4 is 5.32 Å². The van der Waals surface area contributed by atoms with Gasteiger partial charge in [0.15, 0.2) is 0 Å². The van der Waals surface area contributed by atoms with Gasteiger partial charge in [-0.2, -0.15) is 0 Å². The SMILES string of the molecule is CCCCCc1nnc(NC(=O)c2ccnc(C)n2)s1. The lowest BCUT2D eigenvalue weighted by molar-refractivity contribution is 0.102. The number of hydrogen-bond acceptors (Lipinski definition) is 6. The molecule has 1 N–H and O–H groups in total. The van der Waals surface area contributed by atoms with E-state index >= 15 is 0 Å². The average Bonchev–Trinajstić information content (AvgIpc) is 2.86. The Hall–Kier alpha value is -1.89. The van der Waals surface area contributed by atoms with E-state index in [9.17, 15) is 4.79 Å². The van der Waals surface area contributed by atoms with Crippen molar-refractivity contribution in [2.75, 3.05) is 5.32 Å². The minimum Gasteiger partial charge on any atom is -0.295 e. The highest BCUT2D eigenvalue weighted by Crippen LogP contribution is 2.18. The predicted molar refractivity (Wildman–Crippen MR) is 77.9 cm³/mol. The first-order valence-electron chi connectivity index (χ1n) is 6.62. The first-order valence-corrected chi connectivity index (χ1v) is 7.44. The number of carbonyl (C=O) groups is 1. The summed E-state index contributed by atoms with van der Waals surface area (Å²) in [4.78, 5) is 20.0. The molecule has 0 saturated heterocycles. The van der Waals surface area contributed by atoms with Crippen LogP contribution in [0.15, 0.2) is 12.3 Å². The van der Waals surface area contributed by atoms with E-state index in [2.05, 4.69) is 32.4 Å². The van der Waals surface area contributed by atoms with E-state index in [0.29, 0.717) is 16.6 Å². The van der Waals surface area contributed by atoms with E-state index < -0.39 is 0 Å². The summed E-state index contributed by atoms with van der Waals surface area (Å²) in [5.41, 5.74) is 0.334. The molecule has 106 valence electrons. The predicted octanol–water partition coefficient (Wildman–Crippen LogP) is 2.62. The molecule has 2 rings (SSSR count). The normalized spacial score (nSPS) is 10.5. The van der Waals surface area contributed by atoms with Crippen LogP contribution >= 0.6 is 11.3 Å². The number of aryl methyl sites for hydroxylation is 2. The average molecular weight is 291 g/mol. The molecule has 20 heavy (non-hydrogen) atoms. The third-order valence-corrected chi connectivity index (χ3v) is 3.59. The smallest absolute Gasteiger partial charge is 0.276 e. The summed E-state index contributed by atoms with van der Waals surface area (Å²) in [5.74, 6) is 0.280. The van der Waals surface area contributed by atoms with Crippen LogP contribution in [0.5, 0.6) is 0 Å². The van der Waals surface area contributed by atoms with Gasteiger partial charge >= 0.3 is 0 Å². The van der Waals surface area contributed by atoms with Crippen LogP contribution in [0.4, 0.5) is 5.13 Å². The number of amides is 1. The number of nitrogens with one attached hydrogen (secondary N) is 1. The van der Waals surface area contributed by atoms with Gasteiger partial charge in [0.2, 0.25) is 5.13 Å². The highest BCUT2D eigenvalue weighted by Gasteiger charge is 2.11. The van der Waals surface area contributed by atoms with Gasteiger partial charge in [0, 0.05) is 12.6 Å². The Labute approximate surface area is 121 Å². The maximum atomic E-state index is 12.0. The van der Waals surface area contributed by atoms with Gasteiger partial charge in [0.05, 0.1) is 0 Å². The van der Waals surface area contributed by atoms with E-state index in [-0.39, 0.29) is 5.91 Å². The summed E-state index contributed by atoms with van der Waals surface area (Å²) in [6.45, 7) is 3.91. The van der Waals surface area contributed by atoms with Gasteiger partial charge in [-0.25, -0.2) is 9.97 Å². The molecule has 2 heterocycles. The molecule has 0 unspecified atom stereocenters. The van der Waals surface area contributed by atoms with Crippen molar-refractivity contribution in [3.05, 3.63) is 28.8 Å². The summed E-state index contributed by atoms with van der Waals surface area (Å²) in [7, 11) is 0. The highest BCUT2D eigenvalue weighted by molar-refractivity contribution is 7.15. The molecule has 1 amide bonds. The molecular formula is C13H17N5OS. The maximum Gasteiger partial charge on any atom is 0.276 e. The summed E-state index contributed by atoms with van der Waals surface area (Å²) in [5, 5.41) is 12.2. The number of aromatic nitrogens is 4. The quantitative estimate of drug-likeness (QED) is 0.827. The fraction of sp³-hybridized carbons (Fsp3) is 0.462. The maximum absolute atomic E-state index is 12.0. The molecule has 0 aliphatic rings. The molecule has 0 fully saturated rings. The minimum atomic E-state index is -0.285. The van der Waals surface area contributed by atoms with Crippen LogP contribution in [0.25, 0.3) is 0 Å². The lowest BCUT2D eigenvalue weighted by atomic mass is 10.2. The molecule has 0 saturated carbocycles. The molecule has 2 aromatic heterocycles. The molecular weight excluding hydrogens is 274 g/mol. The zero-order chi connectivity index (χ0) is 14.4. The third-order valence-electron chi connectivity index (χ3n) is 2.69. The topological polar surface area (TPSA) is 80.7 Å². The van der Waals surface area contributed by atoms with E-state index in [0.717, 1.165) is 17.8 Å². The molecule has 0 aliphatic heterocycles. The van der Waals surface area contributed by atoms with Crippen LogP contribution in [0.2, 0.25) is 0 Å². The number of carbonyl (C=O) groups excluding carboxylic acids is 1. The van der Waals surface area contributed by atoms with Gasteiger partial charge in [0.1, 0.15) is 16.5 Å². The Morgan fingerprint density at radius 1 is 1.35 bits per heavy atom. The molecule has 0 spiro atoms. The third kappa shape index (κ3) is 4.06. The van der Waals surface area contributed by atoms with Crippen molar-refractivity contribution in [1.82, 2.24) is 20.2 Å². The van der Waals surface area contributed by atoms with Crippen LogP contribution in [-0.4, -0.2) is 26.1 Å². The van der Waals surface area contributed by atoms with Crippen LogP contribution in [0.3, 0.4) is 0 Å². The van der Waals surface area contributed by atoms with Crippen molar-refractivity contribution in [1.29, 1.82) is 0 Å². The van der Waals surface area contributed by atoms with Crippen molar-refractivity contribution >= 4 is 22.4 Å². The lowest BCUT2D eigenvalue weighted by Crippen LogP contribution is -2.14. The number of hydrogen-bond donors (Lipinski definition) is 1. The van der Waals surface area contributed by atoms with E-state index in [1.54, 1.807) is 19.2 Å². The van der Waals surface area contributed by atoms with Crippen molar-refractivity contribution in [3.63, 3.8) is 0 Å². The Bertz CT molecular complexity index is 584. The number of rotatable bonds is 6. The van der Waals surface area contributed by atoms with Crippen LogP contribution in [0, 0.1) is 6.92 Å². The Morgan fingerprint density at radius 3 is 2.95 bits per heavy atom. The van der Waals surface area contributed by atoms with Gasteiger partial charge in [-0.05, 0) is 19.4 Å². The largest absolute Gasteiger partial charge is 0.295 e. The molecule has 0 radical (unpaired) electrons. The zero-order valence-electron chi connectivity index (χ0n) is 11.6. The first-order chi connectivity index (χ1) is 9.69. The van der Waals surface area contributed by atoms with Gasteiger partial charge < -0.3 is 0 Å². The van der Waals surface area contributed by atoms with E-state index in [1.807, 2.05) is 0 Å². The molecule has 7 heteroatoms. The van der Waals surface area contributed by atoms with Crippen LogP contribution in [-0.2, 0) is 6.42 Å². The van der Waals surface area contributed by atoms with Gasteiger partial charge in [-0.15, -0.1) is 10.2 Å². The Morgan fingerprint density at radius 2 is 2.20 bits per heavy atom. The monoisotopic (exact) mass is 291 g/mol. The molecule has 0 aliphatic carbocycles. The lowest BCUT2D eigenvalue weighted by Gasteiger charge is -2.00. The van der Waals surface area contributed by atoms with Gasteiger partial charge in [0.25, 0.3) is 5.91 Å². The Balaban J connectivity index is 1.94. The van der Waals surface area contributed by atoms with E-state index in [1.165, 1.54) is 24.2 Å². The molecule has 6 nitrogen and oxygen atoms in total. The van der Waals surface area contributed by atoms with Crippen LogP contribution in [0.1, 0.15) is 47.5 Å². The Kier molecular flexibility index (Phi) is 5.11. The summed E-state index contributed by atoms with van der Waals surface area (Å²) in [6.07, 6.45) is 5.93. The van der Waals surface area contributed by atoms with E-state index in [4.69, 9.17) is 0 Å². The molecule has 0 aromatic carbocycles. The van der Waals surface area contributed by atoms with Gasteiger partial charge in [-0.3, -0.25) is 10.1 Å². The van der Waals surface area contributed by atoms with Crippen molar-refractivity contribution in [3.8, 4) is 0 Å². The number of nitrogens with zero attached hydrogens (tertiary/aromatic N) is 4. The second-order valence-electron chi connectivity index (χ2n) is 4.40. The first kappa shape index (κ1) is 14.5. The molecule has 2 aromatic rings. The van der Waals surface area contributed by atoms with Crippen molar-refractivity contribution < 1.29 is 4.79 Å². The van der Waals surface area contributed by atoms with Gasteiger partial charge in [-0.1, -0.05) is 31.1 Å². The zero-order valence-corrected chi connectivity index (χ0v) is 12.4. The standard InChI is InChI=1S/C13H17N5OS/c1-3-4-5-6-11-17-18-13(20-11)16-12(19)10-7-8-14-9(2)15-10/h7-8H,3-6H2,1-2H3,(H,16,18,19). The van der Waals surface area contributed by atoms with Crippen molar-refractivity contribution in [2.24, 2.45) is 0 Å². The summed E-state index contributed by atoms with van der Waals surface area (Å²) < 4.78 is 0. The fourth-order valence-electron chi connectivity index (χ4n) is 1.68. The second kappa shape index (κ2) is 7.04. The summed E-state index contributed by atoms with van der Waals surface area (Å²) >= 11 is 1.41.